The van der Waals surface area contributed by atoms with Crippen molar-refractivity contribution in [3.8, 4) is 0 Å². The van der Waals surface area contributed by atoms with E-state index in [1.807, 2.05) is 0 Å². The maximum atomic E-state index is 12.1. The maximum Gasteiger partial charge on any atom is 0.307 e. The molecule has 0 heterocycles. The second-order valence-corrected chi connectivity index (χ2v) is 7.36. The normalized spacial score (nSPS) is 23.7. The van der Waals surface area contributed by atoms with Crippen LogP contribution < -0.4 is 0 Å². The molecule has 3 unspecified atom stereocenters. The Labute approximate surface area is 113 Å². The summed E-state index contributed by atoms with van der Waals surface area (Å²) in [6.45, 7) is 5.42. The molecule has 110 valence electrons. The van der Waals surface area contributed by atoms with E-state index in [1.165, 1.54) is 4.90 Å². The lowest BCUT2D eigenvalue weighted by atomic mass is 10.2. The second kappa shape index (κ2) is 5.90. The lowest BCUT2D eigenvalue weighted by Gasteiger charge is -2.28. The minimum atomic E-state index is -3.15. The lowest BCUT2D eigenvalue weighted by molar-refractivity contribution is -0.142. The first kappa shape index (κ1) is 15.9. The molecule has 0 spiro atoms. The molecule has 0 aromatic carbocycles. The van der Waals surface area contributed by atoms with E-state index >= 15 is 0 Å². The Morgan fingerprint density at radius 3 is 2.26 bits per heavy atom. The number of amides is 1. The predicted octanol–water partition coefficient (Wildman–Crippen LogP) is 0.379. The molecule has 1 rings (SSSR count). The molecule has 6 nitrogen and oxygen atoms in total. The van der Waals surface area contributed by atoms with Crippen LogP contribution >= 0.6 is 0 Å². The van der Waals surface area contributed by atoms with Gasteiger partial charge in [0.2, 0.25) is 5.91 Å². The number of hydrogen-bond donors (Lipinski definition) is 1. The molecule has 1 amide bonds. The number of carboxylic acids is 1. The Morgan fingerprint density at radius 1 is 1.32 bits per heavy atom. The van der Waals surface area contributed by atoms with E-state index in [4.69, 9.17) is 5.11 Å². The molecular weight excluding hydrogens is 270 g/mol. The van der Waals surface area contributed by atoms with Crippen molar-refractivity contribution in [2.24, 2.45) is 11.8 Å². The van der Waals surface area contributed by atoms with E-state index in [9.17, 15) is 18.0 Å². The number of carbonyl (C=O) groups is 2. The fourth-order valence-corrected chi connectivity index (χ4v) is 3.36. The van der Waals surface area contributed by atoms with Gasteiger partial charge >= 0.3 is 5.97 Å². The number of carboxylic acid groups (broad SMARTS) is 1. The number of carbonyl (C=O) groups excluding carboxylic acids is 1. The fraction of sp³-hybridized carbons (Fsp3) is 0.833. The Kier molecular flexibility index (Phi) is 4.95. The van der Waals surface area contributed by atoms with Crippen LogP contribution in [0, 0.1) is 11.8 Å². The van der Waals surface area contributed by atoms with Gasteiger partial charge in [-0.15, -0.1) is 0 Å². The summed E-state index contributed by atoms with van der Waals surface area (Å²) >= 11 is 0. The molecule has 19 heavy (non-hydrogen) atoms. The Balaban J connectivity index is 2.68. The third kappa shape index (κ3) is 3.92. The van der Waals surface area contributed by atoms with Gasteiger partial charge in [0.1, 0.15) is 0 Å². The van der Waals surface area contributed by atoms with Gasteiger partial charge in [0.15, 0.2) is 9.84 Å². The Bertz CT molecular complexity index is 459. The van der Waals surface area contributed by atoms with Crippen LogP contribution in [0.2, 0.25) is 0 Å². The van der Waals surface area contributed by atoms with Gasteiger partial charge in [0.05, 0.1) is 17.6 Å². The van der Waals surface area contributed by atoms with Crippen molar-refractivity contribution in [3.63, 3.8) is 0 Å². The maximum absolute atomic E-state index is 12.1. The molecule has 1 saturated carbocycles. The quantitative estimate of drug-likeness (QED) is 0.732. The minimum Gasteiger partial charge on any atom is -0.481 e. The second-order valence-electron chi connectivity index (χ2n) is 4.96. The zero-order valence-electron chi connectivity index (χ0n) is 11.5. The van der Waals surface area contributed by atoms with Crippen molar-refractivity contribution in [2.45, 2.75) is 33.2 Å². The van der Waals surface area contributed by atoms with Gasteiger partial charge in [-0.1, -0.05) is 6.92 Å². The number of hydrogen-bond acceptors (Lipinski definition) is 4. The summed E-state index contributed by atoms with van der Waals surface area (Å²) in [7, 11) is -3.15. The first-order valence-corrected chi connectivity index (χ1v) is 8.29. The van der Waals surface area contributed by atoms with Gasteiger partial charge in [-0.3, -0.25) is 9.59 Å². The third-order valence-electron chi connectivity index (χ3n) is 3.52. The van der Waals surface area contributed by atoms with E-state index in [-0.39, 0.29) is 17.4 Å². The zero-order chi connectivity index (χ0) is 14.8. The van der Waals surface area contributed by atoms with E-state index in [2.05, 4.69) is 0 Å². The summed E-state index contributed by atoms with van der Waals surface area (Å²) in [6.07, 6.45) is 0.359. The van der Waals surface area contributed by atoms with Crippen LogP contribution in [0.5, 0.6) is 0 Å². The molecule has 0 bridgehead atoms. The minimum absolute atomic E-state index is 0.0459. The van der Waals surface area contributed by atoms with Crippen LogP contribution in [-0.2, 0) is 19.4 Å². The van der Waals surface area contributed by atoms with Crippen LogP contribution in [-0.4, -0.2) is 54.4 Å². The SMILES string of the molecule is CCN(C(=O)C1CC1C(=O)O)C(C)CS(=O)(=O)CC. The highest BCUT2D eigenvalue weighted by Crippen LogP contribution is 2.40. The van der Waals surface area contributed by atoms with Crippen LogP contribution in [0.4, 0.5) is 0 Å². The lowest BCUT2D eigenvalue weighted by Crippen LogP contribution is -2.43. The first-order valence-electron chi connectivity index (χ1n) is 6.47. The van der Waals surface area contributed by atoms with Crippen molar-refractivity contribution in [3.05, 3.63) is 0 Å². The highest BCUT2D eigenvalue weighted by molar-refractivity contribution is 7.91. The van der Waals surface area contributed by atoms with Gasteiger partial charge in [0, 0.05) is 18.3 Å². The summed E-state index contributed by atoms with van der Waals surface area (Å²) in [5.41, 5.74) is 0. The van der Waals surface area contributed by atoms with Crippen LogP contribution in [0.25, 0.3) is 0 Å². The zero-order valence-corrected chi connectivity index (χ0v) is 12.3. The molecule has 1 fully saturated rings. The summed E-state index contributed by atoms with van der Waals surface area (Å²) < 4.78 is 23.2. The van der Waals surface area contributed by atoms with E-state index in [0.29, 0.717) is 13.0 Å². The molecular formula is C12H21NO5S. The Hall–Kier alpha value is -1.11. The molecule has 0 saturated heterocycles. The number of aliphatic carboxylic acids is 1. The molecule has 0 aliphatic heterocycles. The van der Waals surface area contributed by atoms with Crippen LogP contribution in [0.1, 0.15) is 27.2 Å². The monoisotopic (exact) mass is 291 g/mol. The smallest absolute Gasteiger partial charge is 0.307 e. The molecule has 1 aliphatic carbocycles. The number of rotatable bonds is 7. The van der Waals surface area contributed by atoms with Crippen molar-refractivity contribution in [2.75, 3.05) is 18.1 Å². The third-order valence-corrected chi connectivity index (χ3v) is 5.39. The van der Waals surface area contributed by atoms with Crippen LogP contribution in [0.15, 0.2) is 0 Å². The van der Waals surface area contributed by atoms with Crippen molar-refractivity contribution in [1.29, 1.82) is 0 Å². The summed E-state index contributed by atoms with van der Waals surface area (Å²) in [5, 5.41) is 8.82. The van der Waals surface area contributed by atoms with Gasteiger partial charge in [-0.25, -0.2) is 8.42 Å². The van der Waals surface area contributed by atoms with Crippen LogP contribution in [0.3, 0.4) is 0 Å². The van der Waals surface area contributed by atoms with Gasteiger partial charge in [-0.2, -0.15) is 0 Å². The molecule has 7 heteroatoms. The molecule has 0 radical (unpaired) electrons. The average molecular weight is 291 g/mol. The topological polar surface area (TPSA) is 91.8 Å². The fourth-order valence-electron chi connectivity index (χ4n) is 2.21. The van der Waals surface area contributed by atoms with Gasteiger partial charge in [-0.05, 0) is 20.3 Å². The first-order chi connectivity index (χ1) is 8.73. The van der Waals surface area contributed by atoms with E-state index in [1.54, 1.807) is 20.8 Å². The molecule has 3 atom stereocenters. The average Bonchev–Trinajstić information content (AvgIpc) is 3.09. The van der Waals surface area contributed by atoms with E-state index in [0.717, 1.165) is 0 Å². The summed E-state index contributed by atoms with van der Waals surface area (Å²) in [4.78, 5) is 24.4. The van der Waals surface area contributed by atoms with Crippen molar-refractivity contribution in [1.82, 2.24) is 4.90 Å². The standard InChI is InChI=1S/C12H21NO5S/c1-4-13(8(3)7-19(17,18)5-2)11(14)9-6-10(9)12(15)16/h8-10H,4-7H2,1-3H3,(H,15,16). The molecule has 1 N–H and O–H groups in total. The largest absolute Gasteiger partial charge is 0.481 e. The van der Waals surface area contributed by atoms with Crippen molar-refractivity contribution < 1.29 is 23.1 Å². The summed E-state index contributed by atoms with van der Waals surface area (Å²) in [6, 6.07) is -0.419. The summed E-state index contributed by atoms with van der Waals surface area (Å²) in [5.74, 6) is -2.31. The van der Waals surface area contributed by atoms with E-state index < -0.39 is 33.7 Å². The van der Waals surface area contributed by atoms with Crippen molar-refractivity contribution >= 4 is 21.7 Å². The molecule has 0 aromatic heterocycles. The number of sulfone groups is 1. The molecule has 0 aromatic rings. The van der Waals surface area contributed by atoms with Gasteiger partial charge in [0.25, 0.3) is 0 Å². The Morgan fingerprint density at radius 2 is 1.89 bits per heavy atom. The highest BCUT2D eigenvalue weighted by Gasteiger charge is 2.50. The highest BCUT2D eigenvalue weighted by atomic mass is 32.2. The molecule has 1 aliphatic rings. The van der Waals surface area contributed by atoms with Gasteiger partial charge < -0.3 is 10.0 Å². The predicted molar refractivity (Wildman–Crippen MR) is 70.4 cm³/mol. The number of nitrogens with zero attached hydrogens (tertiary/aromatic N) is 1.